The van der Waals surface area contributed by atoms with E-state index in [9.17, 15) is 0 Å². The summed E-state index contributed by atoms with van der Waals surface area (Å²) in [5.74, 6) is 1.01. The van der Waals surface area contributed by atoms with E-state index in [4.69, 9.17) is 4.74 Å². The Labute approximate surface area is 86.4 Å². The summed E-state index contributed by atoms with van der Waals surface area (Å²) in [4.78, 5) is 0. The van der Waals surface area contributed by atoms with Crippen LogP contribution in [0.15, 0.2) is 16.6 Å². The van der Waals surface area contributed by atoms with Gasteiger partial charge in [-0.3, -0.25) is 0 Å². The van der Waals surface area contributed by atoms with Crippen molar-refractivity contribution in [2.45, 2.75) is 13.0 Å². The number of benzene rings is 1. The third kappa shape index (κ3) is 1.71. The number of methoxy groups -OCH3 is 1. The second-order valence-electron chi connectivity index (χ2n) is 3.17. The molecular formula is C10H12BrNO. The van der Waals surface area contributed by atoms with Crippen LogP contribution in [-0.2, 0) is 13.0 Å². The highest BCUT2D eigenvalue weighted by atomic mass is 79.9. The van der Waals surface area contributed by atoms with E-state index in [0.29, 0.717) is 0 Å². The third-order valence-electron chi connectivity index (χ3n) is 2.35. The smallest absolute Gasteiger partial charge is 0.123 e. The summed E-state index contributed by atoms with van der Waals surface area (Å²) in [6.45, 7) is 2.00. The number of fused-ring (bicyclic) bond motifs is 1. The van der Waals surface area contributed by atoms with Gasteiger partial charge in [-0.2, -0.15) is 0 Å². The summed E-state index contributed by atoms with van der Waals surface area (Å²) in [6, 6.07) is 4.19. The van der Waals surface area contributed by atoms with Crippen molar-refractivity contribution in [3.8, 4) is 5.75 Å². The lowest BCUT2D eigenvalue weighted by Crippen LogP contribution is -2.24. The molecule has 70 valence electrons. The second kappa shape index (κ2) is 3.68. The largest absolute Gasteiger partial charge is 0.496 e. The summed E-state index contributed by atoms with van der Waals surface area (Å²) in [5, 5.41) is 3.34. The molecular weight excluding hydrogens is 230 g/mol. The zero-order valence-electron chi connectivity index (χ0n) is 7.56. The Bertz CT molecular complexity index is 308. The molecule has 1 heterocycles. The normalized spacial score (nSPS) is 15.2. The van der Waals surface area contributed by atoms with Gasteiger partial charge in [-0.15, -0.1) is 0 Å². The fourth-order valence-electron chi connectivity index (χ4n) is 1.73. The SMILES string of the molecule is COc1cc(Br)cc2c1CCNC2. The molecule has 0 saturated carbocycles. The highest BCUT2D eigenvalue weighted by Crippen LogP contribution is 2.29. The van der Waals surface area contributed by atoms with Crippen molar-refractivity contribution in [1.29, 1.82) is 0 Å². The monoisotopic (exact) mass is 241 g/mol. The molecule has 0 atom stereocenters. The van der Waals surface area contributed by atoms with Crippen LogP contribution in [0.4, 0.5) is 0 Å². The lowest BCUT2D eigenvalue weighted by atomic mass is 10.0. The molecule has 0 bridgehead atoms. The van der Waals surface area contributed by atoms with E-state index >= 15 is 0 Å². The average molecular weight is 242 g/mol. The van der Waals surface area contributed by atoms with Gasteiger partial charge in [-0.1, -0.05) is 15.9 Å². The van der Waals surface area contributed by atoms with Gasteiger partial charge in [0.05, 0.1) is 7.11 Å². The second-order valence-corrected chi connectivity index (χ2v) is 4.09. The van der Waals surface area contributed by atoms with E-state index in [2.05, 4.69) is 27.3 Å². The topological polar surface area (TPSA) is 21.3 Å². The fourth-order valence-corrected chi connectivity index (χ4v) is 2.21. The van der Waals surface area contributed by atoms with Crippen molar-refractivity contribution in [3.63, 3.8) is 0 Å². The molecule has 0 aromatic heterocycles. The van der Waals surface area contributed by atoms with Crippen molar-refractivity contribution in [2.24, 2.45) is 0 Å². The maximum absolute atomic E-state index is 5.34. The van der Waals surface area contributed by atoms with Gasteiger partial charge < -0.3 is 10.1 Å². The molecule has 0 saturated heterocycles. The van der Waals surface area contributed by atoms with E-state index in [1.54, 1.807) is 7.11 Å². The Morgan fingerprint density at radius 3 is 3.08 bits per heavy atom. The zero-order valence-corrected chi connectivity index (χ0v) is 9.15. The first-order valence-electron chi connectivity index (χ1n) is 4.37. The Morgan fingerprint density at radius 1 is 1.46 bits per heavy atom. The molecule has 2 rings (SSSR count). The first-order chi connectivity index (χ1) is 6.31. The Hall–Kier alpha value is -0.540. The van der Waals surface area contributed by atoms with Gasteiger partial charge >= 0.3 is 0 Å². The first-order valence-corrected chi connectivity index (χ1v) is 5.16. The van der Waals surface area contributed by atoms with E-state index in [1.165, 1.54) is 11.1 Å². The molecule has 0 amide bonds. The van der Waals surface area contributed by atoms with Crippen molar-refractivity contribution < 1.29 is 4.74 Å². The van der Waals surface area contributed by atoms with E-state index in [-0.39, 0.29) is 0 Å². The molecule has 0 spiro atoms. The van der Waals surface area contributed by atoms with Crippen LogP contribution in [0.2, 0.25) is 0 Å². The Balaban J connectivity index is 2.50. The van der Waals surface area contributed by atoms with Gasteiger partial charge in [0, 0.05) is 11.0 Å². The van der Waals surface area contributed by atoms with Gasteiger partial charge in [-0.05, 0) is 36.2 Å². The standard InChI is InChI=1S/C10H12BrNO/c1-13-10-5-8(11)4-7-6-12-3-2-9(7)10/h4-5,12H,2-3,6H2,1H3. The van der Waals surface area contributed by atoms with E-state index < -0.39 is 0 Å². The lowest BCUT2D eigenvalue weighted by molar-refractivity contribution is 0.405. The average Bonchev–Trinajstić information content (AvgIpc) is 2.16. The van der Waals surface area contributed by atoms with Crippen LogP contribution in [0, 0.1) is 0 Å². The molecule has 0 aliphatic carbocycles. The van der Waals surface area contributed by atoms with Crippen molar-refractivity contribution in [2.75, 3.05) is 13.7 Å². The number of rotatable bonds is 1. The van der Waals surface area contributed by atoms with Gasteiger partial charge in [0.25, 0.3) is 0 Å². The van der Waals surface area contributed by atoms with Gasteiger partial charge in [0.1, 0.15) is 5.75 Å². The minimum atomic E-state index is 0.950. The highest BCUT2D eigenvalue weighted by Gasteiger charge is 2.13. The highest BCUT2D eigenvalue weighted by molar-refractivity contribution is 9.10. The van der Waals surface area contributed by atoms with Crippen LogP contribution < -0.4 is 10.1 Å². The van der Waals surface area contributed by atoms with Gasteiger partial charge in [0.2, 0.25) is 0 Å². The quantitative estimate of drug-likeness (QED) is 0.814. The lowest BCUT2D eigenvalue weighted by Gasteiger charge is -2.19. The fraction of sp³-hybridized carbons (Fsp3) is 0.400. The van der Waals surface area contributed by atoms with Gasteiger partial charge in [-0.25, -0.2) is 0 Å². The summed E-state index contributed by atoms with van der Waals surface area (Å²) in [6.07, 6.45) is 1.06. The van der Waals surface area contributed by atoms with Crippen LogP contribution >= 0.6 is 15.9 Å². The van der Waals surface area contributed by atoms with Crippen molar-refractivity contribution in [3.05, 3.63) is 27.7 Å². The number of hydrogen-bond acceptors (Lipinski definition) is 2. The van der Waals surface area contributed by atoms with Crippen LogP contribution in [0.1, 0.15) is 11.1 Å². The summed E-state index contributed by atoms with van der Waals surface area (Å²) < 4.78 is 6.43. The van der Waals surface area contributed by atoms with Crippen LogP contribution in [0.5, 0.6) is 5.75 Å². The van der Waals surface area contributed by atoms with Crippen LogP contribution in [0.25, 0.3) is 0 Å². The number of ether oxygens (including phenoxy) is 1. The number of hydrogen-bond donors (Lipinski definition) is 1. The van der Waals surface area contributed by atoms with Gasteiger partial charge in [0.15, 0.2) is 0 Å². The maximum atomic E-state index is 5.34. The molecule has 0 fully saturated rings. The number of nitrogens with one attached hydrogen (secondary N) is 1. The molecule has 1 N–H and O–H groups in total. The zero-order chi connectivity index (χ0) is 9.26. The number of halogens is 1. The molecule has 0 unspecified atom stereocenters. The Kier molecular flexibility index (Phi) is 2.56. The predicted molar refractivity (Wildman–Crippen MR) is 56.1 cm³/mol. The molecule has 13 heavy (non-hydrogen) atoms. The van der Waals surface area contributed by atoms with Crippen LogP contribution in [-0.4, -0.2) is 13.7 Å². The predicted octanol–water partition coefficient (Wildman–Crippen LogP) is 2.10. The van der Waals surface area contributed by atoms with Crippen molar-refractivity contribution in [1.82, 2.24) is 5.32 Å². The van der Waals surface area contributed by atoms with Crippen LogP contribution in [0.3, 0.4) is 0 Å². The molecule has 0 radical (unpaired) electrons. The molecule has 1 aliphatic rings. The molecule has 2 nitrogen and oxygen atoms in total. The minimum Gasteiger partial charge on any atom is -0.496 e. The summed E-state index contributed by atoms with van der Waals surface area (Å²) in [5.41, 5.74) is 2.70. The minimum absolute atomic E-state index is 0.950. The van der Waals surface area contributed by atoms with E-state index in [0.717, 1.165) is 29.7 Å². The summed E-state index contributed by atoms with van der Waals surface area (Å²) in [7, 11) is 1.73. The molecule has 3 heteroatoms. The molecule has 1 aliphatic heterocycles. The first kappa shape index (κ1) is 9.03. The van der Waals surface area contributed by atoms with Crippen molar-refractivity contribution >= 4 is 15.9 Å². The Morgan fingerprint density at radius 2 is 2.31 bits per heavy atom. The van der Waals surface area contributed by atoms with E-state index in [1.807, 2.05) is 6.07 Å². The molecule has 1 aromatic rings. The molecule has 1 aromatic carbocycles. The summed E-state index contributed by atoms with van der Waals surface area (Å²) >= 11 is 3.47. The maximum Gasteiger partial charge on any atom is 0.123 e. The third-order valence-corrected chi connectivity index (χ3v) is 2.81.